The molecule has 4 bridgehead atoms. The average molecular weight is 250 g/mol. The molecule has 0 aromatic carbocycles. The predicted molar refractivity (Wildman–Crippen MR) is 76.6 cm³/mol. The van der Waals surface area contributed by atoms with Gasteiger partial charge < -0.3 is 10.6 Å². The first kappa shape index (κ1) is 12.9. The molecule has 4 fully saturated rings. The zero-order valence-electron chi connectivity index (χ0n) is 12.0. The SMILES string of the molecule is CCNCCCNCC12CC3CC(CC(C3)C1)C2. The van der Waals surface area contributed by atoms with E-state index < -0.39 is 0 Å². The van der Waals surface area contributed by atoms with Crippen molar-refractivity contribution in [3.05, 3.63) is 0 Å². The highest BCUT2D eigenvalue weighted by atomic mass is 14.9. The number of rotatable bonds is 7. The van der Waals surface area contributed by atoms with Crippen molar-refractivity contribution in [1.82, 2.24) is 10.6 Å². The Morgan fingerprint density at radius 1 is 0.889 bits per heavy atom. The maximum atomic E-state index is 3.76. The van der Waals surface area contributed by atoms with Crippen LogP contribution in [0.25, 0.3) is 0 Å². The van der Waals surface area contributed by atoms with Crippen molar-refractivity contribution in [2.24, 2.45) is 23.2 Å². The van der Waals surface area contributed by atoms with E-state index in [-0.39, 0.29) is 0 Å². The summed E-state index contributed by atoms with van der Waals surface area (Å²) in [6, 6.07) is 0. The first-order valence-corrected chi connectivity index (χ1v) is 8.21. The largest absolute Gasteiger partial charge is 0.317 e. The first-order valence-electron chi connectivity index (χ1n) is 8.21. The van der Waals surface area contributed by atoms with Gasteiger partial charge in [-0.2, -0.15) is 0 Å². The van der Waals surface area contributed by atoms with Crippen LogP contribution in [0.15, 0.2) is 0 Å². The summed E-state index contributed by atoms with van der Waals surface area (Å²) in [5.74, 6) is 3.29. The maximum Gasteiger partial charge on any atom is 0.000812 e. The van der Waals surface area contributed by atoms with Gasteiger partial charge in [-0.15, -0.1) is 0 Å². The third-order valence-corrected chi connectivity index (χ3v) is 5.62. The second kappa shape index (κ2) is 5.50. The Hall–Kier alpha value is -0.0800. The third kappa shape index (κ3) is 2.75. The summed E-state index contributed by atoms with van der Waals surface area (Å²) in [6.07, 6.45) is 10.6. The maximum absolute atomic E-state index is 3.76. The van der Waals surface area contributed by atoms with Crippen LogP contribution in [-0.4, -0.2) is 26.2 Å². The fourth-order valence-electron chi connectivity index (χ4n) is 5.38. The van der Waals surface area contributed by atoms with Crippen LogP contribution in [-0.2, 0) is 0 Å². The highest BCUT2D eigenvalue weighted by molar-refractivity contribution is 5.02. The van der Waals surface area contributed by atoms with Gasteiger partial charge in [0.15, 0.2) is 0 Å². The summed E-state index contributed by atoms with van der Waals surface area (Å²) in [4.78, 5) is 0. The minimum absolute atomic E-state index is 0.715. The van der Waals surface area contributed by atoms with Crippen molar-refractivity contribution in [3.63, 3.8) is 0 Å². The molecule has 0 heterocycles. The first-order chi connectivity index (χ1) is 8.80. The molecule has 0 aromatic heterocycles. The topological polar surface area (TPSA) is 24.1 Å². The second-order valence-corrected chi connectivity index (χ2v) is 7.30. The molecule has 0 spiro atoms. The molecule has 0 amide bonds. The van der Waals surface area contributed by atoms with Gasteiger partial charge >= 0.3 is 0 Å². The molecule has 0 radical (unpaired) electrons. The summed E-state index contributed by atoms with van der Waals surface area (Å²) in [5, 5.41) is 7.16. The Balaban J connectivity index is 1.42. The zero-order chi connectivity index (χ0) is 12.4. The number of hydrogen-bond donors (Lipinski definition) is 2. The van der Waals surface area contributed by atoms with Crippen molar-refractivity contribution in [2.75, 3.05) is 26.2 Å². The van der Waals surface area contributed by atoms with Crippen LogP contribution in [0.4, 0.5) is 0 Å². The Morgan fingerprint density at radius 3 is 2.00 bits per heavy atom. The van der Waals surface area contributed by atoms with E-state index in [1.165, 1.54) is 26.1 Å². The Bertz CT molecular complexity index is 239. The Kier molecular flexibility index (Phi) is 3.95. The standard InChI is InChI=1S/C16H30N2/c1-2-17-4-3-5-18-12-16-9-13-6-14(10-16)8-15(7-13)11-16/h13-15,17-18H,2-12H2,1H3. The third-order valence-electron chi connectivity index (χ3n) is 5.62. The molecule has 2 N–H and O–H groups in total. The molecule has 4 aliphatic rings. The van der Waals surface area contributed by atoms with E-state index in [1.54, 1.807) is 38.5 Å². The molecule has 4 rings (SSSR count). The summed E-state index contributed by atoms with van der Waals surface area (Å²) >= 11 is 0. The van der Waals surface area contributed by atoms with E-state index in [2.05, 4.69) is 17.6 Å². The highest BCUT2D eigenvalue weighted by Crippen LogP contribution is 2.59. The molecule has 0 saturated heterocycles. The quantitative estimate of drug-likeness (QED) is 0.679. The predicted octanol–water partition coefficient (Wildman–Crippen LogP) is 2.79. The molecule has 4 saturated carbocycles. The van der Waals surface area contributed by atoms with Crippen molar-refractivity contribution >= 4 is 0 Å². The lowest BCUT2D eigenvalue weighted by atomic mass is 9.49. The average Bonchev–Trinajstić information content (AvgIpc) is 2.32. The van der Waals surface area contributed by atoms with E-state index in [0.717, 1.165) is 24.3 Å². The zero-order valence-corrected chi connectivity index (χ0v) is 12.0. The Morgan fingerprint density at radius 2 is 1.44 bits per heavy atom. The molecular formula is C16H30N2. The van der Waals surface area contributed by atoms with Gasteiger partial charge in [0.05, 0.1) is 0 Å². The fraction of sp³-hybridized carbons (Fsp3) is 1.00. The van der Waals surface area contributed by atoms with E-state index in [1.807, 2.05) is 0 Å². The lowest BCUT2D eigenvalue weighted by molar-refractivity contribution is -0.0511. The van der Waals surface area contributed by atoms with Crippen molar-refractivity contribution in [2.45, 2.75) is 51.9 Å². The summed E-state index contributed by atoms with van der Waals surface area (Å²) < 4.78 is 0. The van der Waals surface area contributed by atoms with Crippen molar-refractivity contribution < 1.29 is 0 Å². The van der Waals surface area contributed by atoms with Crippen molar-refractivity contribution in [1.29, 1.82) is 0 Å². The van der Waals surface area contributed by atoms with Crippen LogP contribution < -0.4 is 10.6 Å². The summed E-state index contributed by atoms with van der Waals surface area (Å²) in [5.41, 5.74) is 0.715. The normalized spacial score (nSPS) is 41.5. The number of nitrogens with one attached hydrogen (secondary N) is 2. The molecular weight excluding hydrogens is 220 g/mol. The highest BCUT2D eigenvalue weighted by Gasteiger charge is 2.50. The van der Waals surface area contributed by atoms with Crippen LogP contribution >= 0.6 is 0 Å². The molecule has 2 nitrogen and oxygen atoms in total. The molecule has 0 atom stereocenters. The summed E-state index contributed by atoms with van der Waals surface area (Å²) in [7, 11) is 0. The molecule has 18 heavy (non-hydrogen) atoms. The van der Waals surface area contributed by atoms with Gasteiger partial charge in [-0.1, -0.05) is 6.92 Å². The van der Waals surface area contributed by atoms with Crippen LogP contribution in [0.3, 0.4) is 0 Å². The lowest BCUT2D eigenvalue weighted by Gasteiger charge is -2.57. The van der Waals surface area contributed by atoms with Crippen LogP contribution in [0.1, 0.15) is 51.9 Å². The van der Waals surface area contributed by atoms with E-state index in [9.17, 15) is 0 Å². The monoisotopic (exact) mass is 250 g/mol. The molecule has 0 unspecified atom stereocenters. The van der Waals surface area contributed by atoms with Crippen LogP contribution in [0, 0.1) is 23.2 Å². The van der Waals surface area contributed by atoms with Crippen LogP contribution in [0.5, 0.6) is 0 Å². The van der Waals surface area contributed by atoms with E-state index in [4.69, 9.17) is 0 Å². The molecule has 0 aromatic rings. The van der Waals surface area contributed by atoms with Gasteiger partial charge in [0, 0.05) is 6.54 Å². The minimum Gasteiger partial charge on any atom is -0.317 e. The fourth-order valence-corrected chi connectivity index (χ4v) is 5.38. The molecule has 2 heteroatoms. The molecule has 104 valence electrons. The van der Waals surface area contributed by atoms with Gasteiger partial charge in [-0.25, -0.2) is 0 Å². The van der Waals surface area contributed by atoms with Gasteiger partial charge in [0.1, 0.15) is 0 Å². The van der Waals surface area contributed by atoms with Gasteiger partial charge in [0.25, 0.3) is 0 Å². The smallest absolute Gasteiger partial charge is 0.000812 e. The van der Waals surface area contributed by atoms with Crippen molar-refractivity contribution in [3.8, 4) is 0 Å². The molecule has 0 aliphatic heterocycles. The summed E-state index contributed by atoms with van der Waals surface area (Å²) in [6.45, 7) is 6.97. The Labute approximate surface area is 112 Å². The van der Waals surface area contributed by atoms with Gasteiger partial charge in [0.2, 0.25) is 0 Å². The van der Waals surface area contributed by atoms with Gasteiger partial charge in [-0.05, 0) is 87.7 Å². The lowest BCUT2D eigenvalue weighted by Crippen LogP contribution is -2.50. The van der Waals surface area contributed by atoms with E-state index in [0.29, 0.717) is 5.41 Å². The minimum atomic E-state index is 0.715. The van der Waals surface area contributed by atoms with Gasteiger partial charge in [-0.3, -0.25) is 0 Å². The number of hydrogen-bond acceptors (Lipinski definition) is 2. The van der Waals surface area contributed by atoms with E-state index >= 15 is 0 Å². The second-order valence-electron chi connectivity index (χ2n) is 7.30. The molecule has 4 aliphatic carbocycles. The van der Waals surface area contributed by atoms with Crippen LogP contribution in [0.2, 0.25) is 0 Å².